The fourth-order valence-electron chi connectivity index (χ4n) is 2.40. The average molecular weight is 317 g/mol. The molecule has 9 heteroatoms. The number of aryl methyl sites for hydroxylation is 2. The predicted octanol–water partition coefficient (Wildman–Crippen LogP) is -0.381. The Bertz CT molecular complexity index is 583. The van der Waals surface area contributed by atoms with E-state index in [4.69, 9.17) is 18.0 Å². The Kier molecular flexibility index (Phi) is 4.43. The van der Waals surface area contributed by atoms with Crippen LogP contribution in [0.15, 0.2) is 4.90 Å². The van der Waals surface area contributed by atoms with Crippen LogP contribution in [-0.2, 0) is 10.0 Å². The topological polar surface area (TPSA) is 95.3 Å². The third-order valence-corrected chi connectivity index (χ3v) is 5.66. The van der Waals surface area contributed by atoms with Crippen LogP contribution in [0.3, 0.4) is 0 Å². The predicted molar refractivity (Wildman–Crippen MR) is 80.0 cm³/mol. The van der Waals surface area contributed by atoms with E-state index in [2.05, 4.69) is 15.1 Å². The summed E-state index contributed by atoms with van der Waals surface area (Å²) in [5.41, 5.74) is 6.59. The van der Waals surface area contributed by atoms with Crippen LogP contribution in [0.5, 0.6) is 0 Å². The highest BCUT2D eigenvalue weighted by molar-refractivity contribution is 7.89. The molecule has 1 fully saturated rings. The maximum atomic E-state index is 12.6. The third kappa shape index (κ3) is 3.00. The molecule has 0 aliphatic carbocycles. The number of nitrogens with one attached hydrogen (secondary N) is 1. The van der Waals surface area contributed by atoms with Crippen molar-refractivity contribution in [3.05, 3.63) is 11.4 Å². The molecular weight excluding hydrogens is 298 g/mol. The van der Waals surface area contributed by atoms with Gasteiger partial charge in [-0.05, 0) is 13.8 Å². The highest BCUT2D eigenvalue weighted by Crippen LogP contribution is 2.22. The Morgan fingerprint density at radius 2 is 1.95 bits per heavy atom. The second-order valence-electron chi connectivity index (χ2n) is 4.91. The van der Waals surface area contributed by atoms with Gasteiger partial charge in [0.25, 0.3) is 0 Å². The van der Waals surface area contributed by atoms with E-state index in [1.165, 1.54) is 4.31 Å². The average Bonchev–Trinajstić information content (AvgIpc) is 2.69. The van der Waals surface area contributed by atoms with Crippen molar-refractivity contribution < 1.29 is 8.42 Å². The van der Waals surface area contributed by atoms with Gasteiger partial charge in [0.1, 0.15) is 4.90 Å². The number of rotatable bonds is 4. The lowest BCUT2D eigenvalue weighted by atomic mass is 10.3. The lowest BCUT2D eigenvalue weighted by Gasteiger charge is -2.33. The zero-order valence-electron chi connectivity index (χ0n) is 11.6. The minimum absolute atomic E-state index is 0.292. The number of aromatic amines is 1. The number of sulfonamides is 1. The van der Waals surface area contributed by atoms with Gasteiger partial charge in [0, 0.05) is 32.7 Å². The first kappa shape index (κ1) is 15.4. The van der Waals surface area contributed by atoms with Crippen molar-refractivity contribution in [1.29, 1.82) is 0 Å². The lowest BCUT2D eigenvalue weighted by molar-refractivity contribution is 0.209. The van der Waals surface area contributed by atoms with E-state index in [-0.39, 0.29) is 0 Å². The zero-order chi connectivity index (χ0) is 14.9. The maximum Gasteiger partial charge on any atom is 0.246 e. The van der Waals surface area contributed by atoms with E-state index in [1.54, 1.807) is 13.8 Å². The highest BCUT2D eigenvalue weighted by atomic mass is 32.2. The molecule has 1 aliphatic rings. The van der Waals surface area contributed by atoms with Crippen molar-refractivity contribution >= 4 is 27.2 Å². The second-order valence-corrected chi connectivity index (χ2v) is 7.31. The van der Waals surface area contributed by atoms with E-state index in [1.807, 2.05) is 0 Å². The first-order chi connectivity index (χ1) is 9.32. The zero-order valence-corrected chi connectivity index (χ0v) is 13.2. The SMILES string of the molecule is Cc1n[nH]c(C)c1S(=O)(=O)N1CCN(CC(N)=S)CC1. The molecule has 3 N–H and O–H groups in total. The summed E-state index contributed by atoms with van der Waals surface area (Å²) in [5.74, 6) is 0. The van der Waals surface area contributed by atoms with Crippen LogP contribution in [0.1, 0.15) is 11.4 Å². The summed E-state index contributed by atoms with van der Waals surface area (Å²) in [6.07, 6.45) is 0. The van der Waals surface area contributed by atoms with Crippen molar-refractivity contribution in [2.45, 2.75) is 18.7 Å². The van der Waals surface area contributed by atoms with Crippen molar-refractivity contribution in [3.63, 3.8) is 0 Å². The smallest absolute Gasteiger partial charge is 0.246 e. The fourth-order valence-corrected chi connectivity index (χ4v) is 4.33. The van der Waals surface area contributed by atoms with E-state index in [0.717, 1.165) is 0 Å². The minimum atomic E-state index is -3.48. The molecule has 1 aliphatic heterocycles. The number of hydrogen-bond acceptors (Lipinski definition) is 5. The van der Waals surface area contributed by atoms with E-state index >= 15 is 0 Å². The van der Waals surface area contributed by atoms with Gasteiger partial charge in [0.15, 0.2) is 0 Å². The number of hydrogen-bond donors (Lipinski definition) is 2. The summed E-state index contributed by atoms with van der Waals surface area (Å²) < 4.78 is 26.7. The minimum Gasteiger partial charge on any atom is -0.392 e. The normalized spacial score (nSPS) is 18.3. The molecule has 7 nitrogen and oxygen atoms in total. The number of aromatic nitrogens is 2. The molecule has 2 heterocycles. The van der Waals surface area contributed by atoms with Crippen molar-refractivity contribution in [3.8, 4) is 0 Å². The Morgan fingerprint density at radius 3 is 2.40 bits per heavy atom. The van der Waals surface area contributed by atoms with Crippen molar-refractivity contribution in [2.24, 2.45) is 5.73 Å². The molecule has 0 bridgehead atoms. The standard InChI is InChI=1S/C11H19N5O2S2/c1-8-11(9(2)14-13-8)20(17,18)16-5-3-15(4-6-16)7-10(12)19/h3-7H2,1-2H3,(H2,12,19)(H,13,14). The van der Waals surface area contributed by atoms with E-state index in [9.17, 15) is 8.42 Å². The summed E-state index contributed by atoms with van der Waals surface area (Å²) in [4.78, 5) is 2.78. The molecule has 0 atom stereocenters. The van der Waals surface area contributed by atoms with Gasteiger partial charge in [-0.15, -0.1) is 0 Å². The Hall–Kier alpha value is -1.03. The summed E-state index contributed by atoms with van der Waals surface area (Å²) >= 11 is 4.87. The molecule has 112 valence electrons. The maximum absolute atomic E-state index is 12.6. The monoisotopic (exact) mass is 317 g/mol. The van der Waals surface area contributed by atoms with Gasteiger partial charge in [-0.3, -0.25) is 10.00 Å². The van der Waals surface area contributed by atoms with Crippen LogP contribution in [0.2, 0.25) is 0 Å². The number of piperazine rings is 1. The molecule has 0 unspecified atom stereocenters. The Balaban J connectivity index is 2.12. The van der Waals surface area contributed by atoms with Gasteiger partial charge in [0.2, 0.25) is 10.0 Å². The summed E-state index contributed by atoms with van der Waals surface area (Å²) in [5, 5.41) is 6.67. The van der Waals surface area contributed by atoms with Crippen LogP contribution in [-0.4, -0.2) is 65.5 Å². The van der Waals surface area contributed by atoms with Crippen LogP contribution >= 0.6 is 12.2 Å². The quantitative estimate of drug-likeness (QED) is 0.735. The number of H-pyrrole nitrogens is 1. The van der Waals surface area contributed by atoms with Crippen LogP contribution < -0.4 is 5.73 Å². The van der Waals surface area contributed by atoms with Crippen LogP contribution in [0.25, 0.3) is 0 Å². The molecule has 0 saturated carbocycles. The second kappa shape index (κ2) is 5.76. The third-order valence-electron chi connectivity index (χ3n) is 3.37. The van der Waals surface area contributed by atoms with Crippen LogP contribution in [0.4, 0.5) is 0 Å². The Labute approximate surface area is 124 Å². The molecular formula is C11H19N5O2S2. The molecule has 1 aromatic heterocycles. The highest BCUT2D eigenvalue weighted by Gasteiger charge is 2.32. The van der Waals surface area contributed by atoms with Gasteiger partial charge >= 0.3 is 0 Å². The van der Waals surface area contributed by atoms with Gasteiger partial charge in [-0.2, -0.15) is 9.40 Å². The Morgan fingerprint density at radius 1 is 1.35 bits per heavy atom. The van der Waals surface area contributed by atoms with Crippen molar-refractivity contribution in [2.75, 3.05) is 32.7 Å². The molecule has 0 radical (unpaired) electrons. The molecule has 2 rings (SSSR count). The van der Waals surface area contributed by atoms with E-state index < -0.39 is 10.0 Å². The van der Waals surface area contributed by atoms with Gasteiger partial charge in [-0.1, -0.05) is 12.2 Å². The molecule has 0 amide bonds. The number of nitrogens with zero attached hydrogens (tertiary/aromatic N) is 3. The summed E-state index contributed by atoms with van der Waals surface area (Å²) in [6, 6.07) is 0. The summed E-state index contributed by atoms with van der Waals surface area (Å²) in [6.45, 7) is 6.09. The summed E-state index contributed by atoms with van der Waals surface area (Å²) in [7, 11) is -3.48. The molecule has 1 saturated heterocycles. The lowest BCUT2D eigenvalue weighted by Crippen LogP contribution is -2.50. The van der Waals surface area contributed by atoms with Crippen LogP contribution in [0, 0.1) is 13.8 Å². The largest absolute Gasteiger partial charge is 0.392 e. The van der Waals surface area contributed by atoms with Gasteiger partial charge < -0.3 is 5.73 Å². The van der Waals surface area contributed by atoms with Gasteiger partial charge in [0.05, 0.1) is 16.4 Å². The van der Waals surface area contributed by atoms with E-state index in [0.29, 0.717) is 54.0 Å². The number of nitrogens with two attached hydrogens (primary N) is 1. The van der Waals surface area contributed by atoms with Crippen molar-refractivity contribution in [1.82, 2.24) is 19.4 Å². The molecule has 20 heavy (non-hydrogen) atoms. The van der Waals surface area contributed by atoms with Gasteiger partial charge in [-0.25, -0.2) is 8.42 Å². The first-order valence-electron chi connectivity index (χ1n) is 6.34. The molecule has 0 aromatic carbocycles. The molecule has 1 aromatic rings. The molecule has 0 spiro atoms. The number of thiocarbonyl (C=S) groups is 1. The first-order valence-corrected chi connectivity index (χ1v) is 8.19. The fraction of sp³-hybridized carbons (Fsp3) is 0.636.